The van der Waals surface area contributed by atoms with Gasteiger partial charge in [-0.1, -0.05) is 76.7 Å². The number of nitrogens with zero attached hydrogens (tertiary/aromatic N) is 2. The van der Waals surface area contributed by atoms with Gasteiger partial charge in [-0.2, -0.15) is 0 Å². The van der Waals surface area contributed by atoms with E-state index in [9.17, 15) is 0 Å². The Morgan fingerprint density at radius 1 is 1.09 bits per heavy atom. The summed E-state index contributed by atoms with van der Waals surface area (Å²) in [5, 5.41) is 13.3. The van der Waals surface area contributed by atoms with E-state index < -0.39 is 0 Å². The van der Waals surface area contributed by atoms with Gasteiger partial charge < -0.3 is 5.32 Å². The zero-order valence-corrected chi connectivity index (χ0v) is 15.0. The number of hydrogen-bond acceptors (Lipinski definition) is 5. The standard InChI is InChI=1S/C17H16ClN3S2/c1-12-3-2-4-14(9-12)11-22-17-21-20-16(23-17)19-10-13-5-7-15(18)8-6-13/h2-9H,10-11H2,1H3,(H,19,20). The van der Waals surface area contributed by atoms with E-state index in [4.69, 9.17) is 11.6 Å². The van der Waals surface area contributed by atoms with Crippen molar-refractivity contribution in [2.75, 3.05) is 5.32 Å². The van der Waals surface area contributed by atoms with Crippen molar-refractivity contribution in [2.45, 2.75) is 23.6 Å². The zero-order valence-electron chi connectivity index (χ0n) is 12.6. The molecule has 2 aromatic carbocycles. The van der Waals surface area contributed by atoms with Crippen molar-refractivity contribution in [2.24, 2.45) is 0 Å². The second-order valence-corrected chi connectivity index (χ2v) is 7.77. The van der Waals surface area contributed by atoms with E-state index in [1.807, 2.05) is 24.3 Å². The number of nitrogens with one attached hydrogen (secondary N) is 1. The molecule has 0 fully saturated rings. The van der Waals surface area contributed by atoms with Gasteiger partial charge in [-0.15, -0.1) is 10.2 Å². The molecule has 23 heavy (non-hydrogen) atoms. The molecular weight excluding hydrogens is 346 g/mol. The summed E-state index contributed by atoms with van der Waals surface area (Å²) in [5.41, 5.74) is 3.75. The van der Waals surface area contributed by atoms with Gasteiger partial charge in [-0.25, -0.2) is 0 Å². The number of anilines is 1. The van der Waals surface area contributed by atoms with Gasteiger partial charge in [0.2, 0.25) is 5.13 Å². The van der Waals surface area contributed by atoms with E-state index in [1.165, 1.54) is 16.7 Å². The molecule has 0 amide bonds. The first-order chi connectivity index (χ1) is 11.2. The Morgan fingerprint density at radius 3 is 2.70 bits per heavy atom. The highest BCUT2D eigenvalue weighted by atomic mass is 35.5. The Bertz CT molecular complexity index is 772. The Hall–Kier alpha value is -1.56. The monoisotopic (exact) mass is 361 g/mol. The van der Waals surface area contributed by atoms with Crippen molar-refractivity contribution < 1.29 is 0 Å². The predicted molar refractivity (Wildman–Crippen MR) is 99.4 cm³/mol. The Kier molecular flexibility index (Phi) is 5.54. The average molecular weight is 362 g/mol. The summed E-state index contributed by atoms with van der Waals surface area (Å²) in [6.45, 7) is 2.83. The second kappa shape index (κ2) is 7.81. The lowest BCUT2D eigenvalue weighted by atomic mass is 10.2. The minimum absolute atomic E-state index is 0.717. The van der Waals surface area contributed by atoms with E-state index in [-0.39, 0.29) is 0 Å². The van der Waals surface area contributed by atoms with Gasteiger partial charge in [0.05, 0.1) is 0 Å². The molecule has 3 rings (SSSR count). The molecule has 0 radical (unpaired) electrons. The maximum atomic E-state index is 5.88. The molecule has 0 atom stereocenters. The molecule has 0 aliphatic carbocycles. The summed E-state index contributed by atoms with van der Waals surface area (Å²) in [4.78, 5) is 0. The molecule has 0 saturated carbocycles. The van der Waals surface area contributed by atoms with Crippen LogP contribution in [0.25, 0.3) is 0 Å². The van der Waals surface area contributed by atoms with Crippen molar-refractivity contribution in [3.05, 3.63) is 70.2 Å². The van der Waals surface area contributed by atoms with Gasteiger partial charge in [0.25, 0.3) is 0 Å². The minimum Gasteiger partial charge on any atom is -0.356 e. The molecule has 0 unspecified atom stereocenters. The van der Waals surface area contributed by atoms with Crippen LogP contribution in [0.15, 0.2) is 52.9 Å². The van der Waals surface area contributed by atoms with E-state index in [0.717, 1.165) is 20.2 Å². The largest absolute Gasteiger partial charge is 0.356 e. The number of thioether (sulfide) groups is 1. The zero-order chi connectivity index (χ0) is 16.1. The quantitative estimate of drug-likeness (QED) is 0.596. The SMILES string of the molecule is Cc1cccc(CSc2nnc(NCc3ccc(Cl)cc3)s2)c1. The first-order valence-corrected chi connectivity index (χ1v) is 9.37. The number of halogens is 1. The number of hydrogen-bond donors (Lipinski definition) is 1. The molecule has 0 spiro atoms. The lowest BCUT2D eigenvalue weighted by Crippen LogP contribution is -1.98. The van der Waals surface area contributed by atoms with Crippen molar-refractivity contribution >= 4 is 39.8 Å². The van der Waals surface area contributed by atoms with Gasteiger partial charge in [0, 0.05) is 17.3 Å². The van der Waals surface area contributed by atoms with Gasteiger partial charge in [-0.3, -0.25) is 0 Å². The normalized spacial score (nSPS) is 10.7. The van der Waals surface area contributed by atoms with E-state index in [1.54, 1.807) is 23.1 Å². The highest BCUT2D eigenvalue weighted by Crippen LogP contribution is 2.28. The fraction of sp³-hybridized carbons (Fsp3) is 0.176. The Morgan fingerprint density at radius 2 is 1.91 bits per heavy atom. The smallest absolute Gasteiger partial charge is 0.206 e. The summed E-state index contributed by atoms with van der Waals surface area (Å²) >= 11 is 9.18. The fourth-order valence-corrected chi connectivity index (χ4v) is 3.88. The van der Waals surface area contributed by atoms with Crippen LogP contribution in [0.5, 0.6) is 0 Å². The highest BCUT2D eigenvalue weighted by molar-refractivity contribution is 8.00. The Labute approximate surface area is 149 Å². The Balaban J connectivity index is 1.52. The molecule has 3 aromatic rings. The van der Waals surface area contributed by atoms with Crippen LogP contribution in [0.4, 0.5) is 5.13 Å². The van der Waals surface area contributed by atoms with Crippen LogP contribution < -0.4 is 5.32 Å². The molecule has 118 valence electrons. The molecular formula is C17H16ClN3S2. The first kappa shape index (κ1) is 16.3. The third-order valence-corrected chi connectivity index (χ3v) is 5.55. The molecule has 0 saturated heterocycles. The summed E-state index contributed by atoms with van der Waals surface area (Å²) in [6, 6.07) is 16.3. The summed E-state index contributed by atoms with van der Waals surface area (Å²) < 4.78 is 0.977. The molecule has 1 N–H and O–H groups in total. The van der Waals surface area contributed by atoms with Crippen molar-refractivity contribution in [1.82, 2.24) is 10.2 Å². The number of benzene rings is 2. The maximum absolute atomic E-state index is 5.88. The molecule has 3 nitrogen and oxygen atoms in total. The first-order valence-electron chi connectivity index (χ1n) is 7.19. The lowest BCUT2D eigenvalue weighted by Gasteiger charge is -2.02. The van der Waals surface area contributed by atoms with Gasteiger partial charge in [-0.05, 0) is 30.2 Å². The second-order valence-electron chi connectivity index (χ2n) is 5.13. The minimum atomic E-state index is 0.717. The predicted octanol–water partition coefficient (Wildman–Crippen LogP) is 5.40. The van der Waals surface area contributed by atoms with Gasteiger partial charge in [0.1, 0.15) is 0 Å². The van der Waals surface area contributed by atoms with Gasteiger partial charge in [0.15, 0.2) is 4.34 Å². The van der Waals surface area contributed by atoms with Crippen LogP contribution in [-0.2, 0) is 12.3 Å². The van der Waals surface area contributed by atoms with Crippen LogP contribution >= 0.6 is 34.7 Å². The van der Waals surface area contributed by atoms with Crippen LogP contribution in [0.1, 0.15) is 16.7 Å². The summed E-state index contributed by atoms with van der Waals surface area (Å²) in [5.74, 6) is 0.910. The molecule has 6 heteroatoms. The maximum Gasteiger partial charge on any atom is 0.206 e. The van der Waals surface area contributed by atoms with Crippen molar-refractivity contribution in [3.8, 4) is 0 Å². The van der Waals surface area contributed by atoms with E-state index >= 15 is 0 Å². The summed E-state index contributed by atoms with van der Waals surface area (Å²) in [7, 11) is 0. The van der Waals surface area contributed by atoms with Crippen LogP contribution in [-0.4, -0.2) is 10.2 Å². The number of aromatic nitrogens is 2. The molecule has 0 aliphatic rings. The fourth-order valence-electron chi connectivity index (χ4n) is 2.07. The molecule has 0 aliphatic heterocycles. The number of aryl methyl sites for hydroxylation is 1. The van der Waals surface area contributed by atoms with Gasteiger partial charge >= 0.3 is 0 Å². The molecule has 1 aromatic heterocycles. The van der Waals surface area contributed by atoms with E-state index in [2.05, 4.69) is 46.7 Å². The van der Waals surface area contributed by atoms with Crippen LogP contribution in [0.3, 0.4) is 0 Å². The van der Waals surface area contributed by atoms with E-state index in [0.29, 0.717) is 6.54 Å². The third-order valence-electron chi connectivity index (χ3n) is 3.21. The molecule has 1 heterocycles. The molecule has 0 bridgehead atoms. The van der Waals surface area contributed by atoms with Crippen molar-refractivity contribution in [3.63, 3.8) is 0 Å². The van der Waals surface area contributed by atoms with Crippen LogP contribution in [0, 0.1) is 6.92 Å². The topological polar surface area (TPSA) is 37.8 Å². The highest BCUT2D eigenvalue weighted by Gasteiger charge is 2.05. The average Bonchev–Trinajstić information content (AvgIpc) is 3.00. The summed E-state index contributed by atoms with van der Waals surface area (Å²) in [6.07, 6.45) is 0. The van der Waals surface area contributed by atoms with Crippen LogP contribution in [0.2, 0.25) is 5.02 Å². The number of rotatable bonds is 6. The lowest BCUT2D eigenvalue weighted by molar-refractivity contribution is 0.995. The third kappa shape index (κ3) is 4.96. The van der Waals surface area contributed by atoms with Crippen molar-refractivity contribution in [1.29, 1.82) is 0 Å².